The largest absolute Gasteiger partial charge is 0.394 e. The van der Waals surface area contributed by atoms with Crippen molar-refractivity contribution in [1.29, 1.82) is 0 Å². The lowest BCUT2D eigenvalue weighted by molar-refractivity contribution is -0.0186. The van der Waals surface area contributed by atoms with E-state index in [0.717, 1.165) is 0 Å². The summed E-state index contributed by atoms with van der Waals surface area (Å²) < 4.78 is 5.25. The third-order valence-electron chi connectivity index (χ3n) is 2.91. The van der Waals surface area contributed by atoms with E-state index < -0.39 is 0 Å². The van der Waals surface area contributed by atoms with Gasteiger partial charge in [0.1, 0.15) is 11.5 Å². The number of anilines is 1. The van der Waals surface area contributed by atoms with Gasteiger partial charge in [-0.2, -0.15) is 0 Å². The van der Waals surface area contributed by atoms with E-state index in [4.69, 9.17) is 4.74 Å². The molecule has 1 aliphatic heterocycles. The van der Waals surface area contributed by atoms with Crippen LogP contribution >= 0.6 is 0 Å². The predicted molar refractivity (Wildman–Crippen MR) is 68.9 cm³/mol. The van der Waals surface area contributed by atoms with Crippen molar-refractivity contribution < 1.29 is 14.6 Å². The lowest BCUT2D eigenvalue weighted by atomic mass is 10.2. The highest BCUT2D eigenvalue weighted by atomic mass is 16.5. The van der Waals surface area contributed by atoms with E-state index in [0.29, 0.717) is 32.1 Å². The number of aliphatic hydroxyl groups excluding tert-OH is 1. The van der Waals surface area contributed by atoms with Crippen LogP contribution in [0.3, 0.4) is 0 Å². The highest BCUT2D eigenvalue weighted by molar-refractivity contribution is 5.92. The van der Waals surface area contributed by atoms with E-state index in [1.807, 2.05) is 6.92 Å². The fourth-order valence-corrected chi connectivity index (χ4v) is 1.96. The first-order valence-electron chi connectivity index (χ1n) is 6.31. The highest BCUT2D eigenvalue weighted by Gasteiger charge is 2.28. The summed E-state index contributed by atoms with van der Waals surface area (Å²) in [6.45, 7) is 3.82. The molecule has 0 spiro atoms. The summed E-state index contributed by atoms with van der Waals surface area (Å²) in [5.74, 6) is 0.344. The van der Waals surface area contributed by atoms with Crippen molar-refractivity contribution in [3.05, 3.63) is 18.1 Å². The van der Waals surface area contributed by atoms with Gasteiger partial charge in [-0.1, -0.05) is 0 Å². The number of morpholine rings is 1. The average Bonchev–Trinajstić information content (AvgIpc) is 2.47. The fraction of sp³-hybridized carbons (Fsp3) is 0.583. The predicted octanol–water partition coefficient (Wildman–Crippen LogP) is -0.258. The molecule has 1 atom stereocenters. The van der Waals surface area contributed by atoms with Crippen LogP contribution < -0.4 is 5.32 Å². The molecule has 0 saturated carbocycles. The van der Waals surface area contributed by atoms with Crippen LogP contribution in [0.15, 0.2) is 12.4 Å². The van der Waals surface area contributed by atoms with Crippen LogP contribution in [-0.4, -0.2) is 64.8 Å². The Bertz CT molecular complexity index is 441. The van der Waals surface area contributed by atoms with Gasteiger partial charge in [-0.05, 0) is 6.92 Å². The van der Waals surface area contributed by atoms with Gasteiger partial charge < -0.3 is 20.1 Å². The molecule has 1 amide bonds. The molecule has 0 aliphatic carbocycles. The maximum Gasteiger partial charge on any atom is 0.274 e. The number of hydrogen-bond donors (Lipinski definition) is 2. The summed E-state index contributed by atoms with van der Waals surface area (Å²) in [6, 6.07) is -0.314. The second-order valence-corrected chi connectivity index (χ2v) is 4.23. The van der Waals surface area contributed by atoms with E-state index in [9.17, 15) is 9.90 Å². The van der Waals surface area contributed by atoms with Crippen LogP contribution in [0.25, 0.3) is 0 Å². The van der Waals surface area contributed by atoms with E-state index in [1.165, 1.54) is 6.20 Å². The minimum Gasteiger partial charge on any atom is -0.394 e. The highest BCUT2D eigenvalue weighted by Crippen LogP contribution is 2.12. The van der Waals surface area contributed by atoms with Crippen LogP contribution in [0.4, 0.5) is 5.82 Å². The molecule has 1 unspecified atom stereocenters. The molecule has 1 fully saturated rings. The van der Waals surface area contributed by atoms with Gasteiger partial charge in [0.25, 0.3) is 5.91 Å². The summed E-state index contributed by atoms with van der Waals surface area (Å²) in [7, 11) is 0. The number of nitrogens with zero attached hydrogens (tertiary/aromatic N) is 3. The van der Waals surface area contributed by atoms with Crippen molar-refractivity contribution in [2.75, 3.05) is 38.2 Å². The van der Waals surface area contributed by atoms with Crippen molar-refractivity contribution in [2.24, 2.45) is 0 Å². The van der Waals surface area contributed by atoms with Gasteiger partial charge in [-0.3, -0.25) is 9.78 Å². The van der Waals surface area contributed by atoms with Crippen LogP contribution in [0.2, 0.25) is 0 Å². The van der Waals surface area contributed by atoms with Gasteiger partial charge in [0.05, 0.1) is 38.3 Å². The first-order chi connectivity index (χ1) is 9.26. The van der Waals surface area contributed by atoms with Crippen molar-refractivity contribution in [3.8, 4) is 0 Å². The van der Waals surface area contributed by atoms with Gasteiger partial charge in [0, 0.05) is 13.1 Å². The zero-order chi connectivity index (χ0) is 13.7. The monoisotopic (exact) mass is 266 g/mol. The fourth-order valence-electron chi connectivity index (χ4n) is 1.96. The molecule has 1 aliphatic rings. The Labute approximate surface area is 111 Å². The Morgan fingerprint density at radius 1 is 1.63 bits per heavy atom. The number of ether oxygens (including phenoxy) is 1. The minimum atomic E-state index is -0.314. The third kappa shape index (κ3) is 3.18. The molecule has 2 rings (SSSR count). The number of nitrogens with one attached hydrogen (secondary N) is 1. The lowest BCUT2D eigenvalue weighted by Gasteiger charge is -2.34. The molecule has 1 saturated heterocycles. The zero-order valence-electron chi connectivity index (χ0n) is 10.9. The quantitative estimate of drug-likeness (QED) is 0.781. The number of aromatic nitrogens is 2. The second kappa shape index (κ2) is 6.44. The Hall–Kier alpha value is -1.73. The molecule has 7 heteroatoms. The van der Waals surface area contributed by atoms with E-state index >= 15 is 0 Å². The van der Waals surface area contributed by atoms with Crippen LogP contribution in [0.1, 0.15) is 17.4 Å². The number of carbonyl (C=O) groups is 1. The molecule has 7 nitrogen and oxygen atoms in total. The molecule has 0 bridgehead atoms. The van der Waals surface area contributed by atoms with E-state index in [2.05, 4.69) is 15.3 Å². The molecule has 0 aromatic carbocycles. The van der Waals surface area contributed by atoms with E-state index in [1.54, 1.807) is 11.1 Å². The topological polar surface area (TPSA) is 87.6 Å². The first kappa shape index (κ1) is 13.7. The summed E-state index contributed by atoms with van der Waals surface area (Å²) >= 11 is 0. The van der Waals surface area contributed by atoms with Crippen molar-refractivity contribution in [3.63, 3.8) is 0 Å². The van der Waals surface area contributed by atoms with Gasteiger partial charge in [-0.25, -0.2) is 4.98 Å². The Kier molecular flexibility index (Phi) is 4.64. The molecule has 1 aromatic rings. The molecule has 2 heterocycles. The third-order valence-corrected chi connectivity index (χ3v) is 2.91. The van der Waals surface area contributed by atoms with Gasteiger partial charge in [-0.15, -0.1) is 0 Å². The number of rotatable bonds is 4. The summed E-state index contributed by atoms with van der Waals surface area (Å²) in [5, 5.41) is 12.3. The first-order valence-corrected chi connectivity index (χ1v) is 6.31. The number of aliphatic hydroxyl groups is 1. The number of carbonyl (C=O) groups excluding carboxylic acids is 1. The molecule has 1 aromatic heterocycles. The second-order valence-electron chi connectivity index (χ2n) is 4.23. The zero-order valence-corrected chi connectivity index (χ0v) is 10.9. The summed E-state index contributed by atoms with van der Waals surface area (Å²) in [4.78, 5) is 22.2. The Morgan fingerprint density at radius 3 is 3.21 bits per heavy atom. The lowest BCUT2D eigenvalue weighted by Crippen LogP contribution is -2.50. The minimum absolute atomic E-state index is 0.119. The molecule has 104 valence electrons. The Morgan fingerprint density at radius 2 is 2.47 bits per heavy atom. The number of hydrogen-bond acceptors (Lipinski definition) is 6. The SMILES string of the molecule is CCNc1cncc(C(=O)N2CCOCC2CO)n1. The standard InChI is InChI=1S/C12H18N4O3/c1-2-14-11-6-13-5-10(15-11)12(18)16-3-4-19-8-9(16)7-17/h5-6,9,17H,2-4,7-8H2,1H3,(H,14,15). The van der Waals surface area contributed by atoms with Crippen molar-refractivity contribution in [2.45, 2.75) is 13.0 Å². The molecular formula is C12H18N4O3. The molecule has 2 N–H and O–H groups in total. The smallest absolute Gasteiger partial charge is 0.274 e. The van der Waals surface area contributed by atoms with Gasteiger partial charge in [0.15, 0.2) is 0 Å². The van der Waals surface area contributed by atoms with Crippen LogP contribution in [-0.2, 0) is 4.74 Å². The maximum atomic E-state index is 12.4. The summed E-state index contributed by atoms with van der Waals surface area (Å²) in [6.07, 6.45) is 3.01. The molecule has 0 radical (unpaired) electrons. The van der Waals surface area contributed by atoms with Crippen LogP contribution in [0.5, 0.6) is 0 Å². The van der Waals surface area contributed by atoms with Crippen LogP contribution in [0, 0.1) is 0 Å². The molecular weight excluding hydrogens is 248 g/mol. The van der Waals surface area contributed by atoms with Crippen molar-refractivity contribution >= 4 is 11.7 Å². The average molecular weight is 266 g/mol. The molecule has 19 heavy (non-hydrogen) atoms. The van der Waals surface area contributed by atoms with E-state index in [-0.39, 0.29) is 24.2 Å². The number of amides is 1. The summed E-state index contributed by atoms with van der Waals surface area (Å²) in [5.41, 5.74) is 0.277. The normalized spacial score (nSPS) is 19.3. The van der Waals surface area contributed by atoms with Gasteiger partial charge >= 0.3 is 0 Å². The maximum absolute atomic E-state index is 12.4. The Balaban J connectivity index is 2.15. The van der Waals surface area contributed by atoms with Gasteiger partial charge in [0.2, 0.25) is 0 Å². The van der Waals surface area contributed by atoms with Crippen molar-refractivity contribution in [1.82, 2.24) is 14.9 Å².